The SMILES string of the molecule is Cc1cnc2c(c1NCCC(C)C)c(=O)n(C)c(=O)n2C. The molecule has 0 saturated heterocycles. The van der Waals surface area contributed by atoms with Crippen LogP contribution in [-0.4, -0.2) is 20.7 Å². The molecule has 0 amide bonds. The van der Waals surface area contributed by atoms with Crippen molar-refractivity contribution < 1.29 is 0 Å². The predicted octanol–water partition coefficient (Wildman–Crippen LogP) is 1.40. The fourth-order valence-electron chi connectivity index (χ4n) is 2.34. The highest BCUT2D eigenvalue weighted by atomic mass is 16.2. The average molecular weight is 290 g/mol. The fourth-order valence-corrected chi connectivity index (χ4v) is 2.34. The van der Waals surface area contributed by atoms with Crippen molar-refractivity contribution in [2.24, 2.45) is 20.0 Å². The standard InChI is InChI=1S/C15H22N4O2/c1-9(2)6-7-16-12-10(3)8-17-13-11(12)14(20)19(5)15(21)18(13)4/h8-9H,6-7H2,1-5H3,(H,16,17). The number of rotatable bonds is 4. The minimum atomic E-state index is -0.364. The van der Waals surface area contributed by atoms with Gasteiger partial charge in [-0.25, -0.2) is 9.78 Å². The van der Waals surface area contributed by atoms with Crippen LogP contribution in [0.25, 0.3) is 11.0 Å². The van der Waals surface area contributed by atoms with Crippen LogP contribution in [0.15, 0.2) is 15.8 Å². The van der Waals surface area contributed by atoms with E-state index in [2.05, 4.69) is 24.1 Å². The summed E-state index contributed by atoms with van der Waals surface area (Å²) in [5.41, 5.74) is 1.42. The Kier molecular flexibility index (Phi) is 4.16. The van der Waals surface area contributed by atoms with Crippen molar-refractivity contribution in [2.45, 2.75) is 27.2 Å². The van der Waals surface area contributed by atoms with Gasteiger partial charge < -0.3 is 5.32 Å². The molecular weight excluding hydrogens is 268 g/mol. The van der Waals surface area contributed by atoms with Crippen LogP contribution in [0.5, 0.6) is 0 Å². The Balaban J connectivity index is 2.67. The number of pyridine rings is 1. The largest absolute Gasteiger partial charge is 0.384 e. The second-order valence-corrected chi connectivity index (χ2v) is 5.83. The van der Waals surface area contributed by atoms with Crippen LogP contribution in [0.1, 0.15) is 25.8 Å². The minimum absolute atomic E-state index is 0.309. The van der Waals surface area contributed by atoms with Gasteiger partial charge in [0.2, 0.25) is 0 Å². The van der Waals surface area contributed by atoms with Gasteiger partial charge in [-0.1, -0.05) is 13.8 Å². The third kappa shape index (κ3) is 2.70. The number of nitrogens with one attached hydrogen (secondary N) is 1. The maximum absolute atomic E-state index is 12.4. The summed E-state index contributed by atoms with van der Waals surface area (Å²) >= 11 is 0. The lowest BCUT2D eigenvalue weighted by atomic mass is 10.1. The summed E-state index contributed by atoms with van der Waals surface area (Å²) in [7, 11) is 3.12. The highest BCUT2D eigenvalue weighted by molar-refractivity contribution is 5.89. The first-order chi connectivity index (χ1) is 9.84. The summed E-state index contributed by atoms with van der Waals surface area (Å²) < 4.78 is 2.53. The molecule has 0 radical (unpaired) electrons. The van der Waals surface area contributed by atoms with Crippen LogP contribution >= 0.6 is 0 Å². The molecule has 0 aliphatic rings. The lowest BCUT2D eigenvalue weighted by molar-refractivity contribution is 0.607. The molecule has 0 saturated carbocycles. The monoisotopic (exact) mass is 290 g/mol. The van der Waals surface area contributed by atoms with Crippen molar-refractivity contribution in [3.8, 4) is 0 Å². The van der Waals surface area contributed by atoms with Gasteiger partial charge in [-0.05, 0) is 24.8 Å². The third-order valence-electron chi connectivity index (χ3n) is 3.68. The molecule has 2 aromatic heterocycles. The van der Waals surface area contributed by atoms with Gasteiger partial charge in [-0.2, -0.15) is 0 Å². The van der Waals surface area contributed by atoms with Gasteiger partial charge in [-0.15, -0.1) is 0 Å². The van der Waals surface area contributed by atoms with E-state index in [1.807, 2.05) is 6.92 Å². The molecule has 0 spiro atoms. The van der Waals surface area contributed by atoms with E-state index in [1.54, 1.807) is 13.2 Å². The van der Waals surface area contributed by atoms with E-state index >= 15 is 0 Å². The topological polar surface area (TPSA) is 68.9 Å². The number of hydrogen-bond acceptors (Lipinski definition) is 4. The molecule has 0 unspecified atom stereocenters. The van der Waals surface area contributed by atoms with Crippen molar-refractivity contribution in [3.05, 3.63) is 32.6 Å². The molecule has 0 bridgehead atoms. The Bertz CT molecular complexity index is 787. The Labute approximate surface area is 123 Å². The molecular formula is C15H22N4O2. The Morgan fingerprint density at radius 1 is 1.24 bits per heavy atom. The van der Waals surface area contributed by atoms with Gasteiger partial charge in [0.1, 0.15) is 5.39 Å². The molecule has 1 N–H and O–H groups in total. The number of aromatic nitrogens is 3. The summed E-state index contributed by atoms with van der Waals surface area (Å²) in [6.07, 6.45) is 2.70. The quantitative estimate of drug-likeness (QED) is 0.924. The molecule has 114 valence electrons. The molecule has 2 heterocycles. The molecule has 0 aliphatic carbocycles. The maximum Gasteiger partial charge on any atom is 0.332 e. The zero-order valence-electron chi connectivity index (χ0n) is 13.2. The van der Waals surface area contributed by atoms with Crippen molar-refractivity contribution in [1.82, 2.24) is 14.1 Å². The van der Waals surface area contributed by atoms with E-state index in [0.717, 1.165) is 28.8 Å². The number of fused-ring (bicyclic) bond motifs is 1. The van der Waals surface area contributed by atoms with Crippen LogP contribution in [0.2, 0.25) is 0 Å². The zero-order valence-corrected chi connectivity index (χ0v) is 13.2. The number of hydrogen-bond donors (Lipinski definition) is 1. The first kappa shape index (κ1) is 15.3. The fraction of sp³-hybridized carbons (Fsp3) is 0.533. The predicted molar refractivity (Wildman–Crippen MR) is 84.9 cm³/mol. The zero-order chi connectivity index (χ0) is 15.7. The molecule has 2 aromatic rings. The van der Waals surface area contributed by atoms with E-state index in [0.29, 0.717) is 17.0 Å². The van der Waals surface area contributed by atoms with E-state index in [4.69, 9.17) is 0 Å². The average Bonchev–Trinajstić information content (AvgIpc) is 2.44. The van der Waals surface area contributed by atoms with Gasteiger partial charge in [-0.3, -0.25) is 13.9 Å². The summed E-state index contributed by atoms with van der Waals surface area (Å²) in [4.78, 5) is 28.7. The van der Waals surface area contributed by atoms with Crippen LogP contribution < -0.4 is 16.6 Å². The van der Waals surface area contributed by atoms with Gasteiger partial charge in [0.15, 0.2) is 5.65 Å². The van der Waals surface area contributed by atoms with Gasteiger partial charge in [0, 0.05) is 26.8 Å². The van der Waals surface area contributed by atoms with Crippen molar-refractivity contribution in [1.29, 1.82) is 0 Å². The summed E-state index contributed by atoms with van der Waals surface area (Å²) in [5.74, 6) is 0.582. The molecule has 6 nitrogen and oxygen atoms in total. The molecule has 6 heteroatoms. The second kappa shape index (κ2) is 5.71. The number of nitrogens with zero attached hydrogens (tertiary/aromatic N) is 3. The summed E-state index contributed by atoms with van der Waals surface area (Å²) in [5, 5.41) is 3.81. The van der Waals surface area contributed by atoms with Gasteiger partial charge in [0.05, 0.1) is 5.69 Å². The van der Waals surface area contributed by atoms with Crippen LogP contribution in [-0.2, 0) is 14.1 Å². The second-order valence-electron chi connectivity index (χ2n) is 5.83. The Morgan fingerprint density at radius 2 is 1.90 bits per heavy atom. The van der Waals surface area contributed by atoms with E-state index in [1.165, 1.54) is 11.6 Å². The molecule has 0 atom stereocenters. The smallest absolute Gasteiger partial charge is 0.332 e. The van der Waals surface area contributed by atoms with Crippen LogP contribution in [0.4, 0.5) is 5.69 Å². The van der Waals surface area contributed by atoms with Crippen molar-refractivity contribution >= 4 is 16.7 Å². The summed E-state index contributed by atoms with van der Waals surface area (Å²) in [6, 6.07) is 0. The lowest BCUT2D eigenvalue weighted by Crippen LogP contribution is -2.37. The van der Waals surface area contributed by atoms with Crippen molar-refractivity contribution in [3.63, 3.8) is 0 Å². The normalized spacial score (nSPS) is 11.3. The maximum atomic E-state index is 12.4. The van der Waals surface area contributed by atoms with Crippen LogP contribution in [0.3, 0.4) is 0 Å². The van der Waals surface area contributed by atoms with Crippen molar-refractivity contribution in [2.75, 3.05) is 11.9 Å². The first-order valence-corrected chi connectivity index (χ1v) is 7.13. The van der Waals surface area contributed by atoms with Gasteiger partial charge >= 0.3 is 5.69 Å². The van der Waals surface area contributed by atoms with E-state index in [-0.39, 0.29) is 11.2 Å². The molecule has 2 rings (SSSR count). The number of aryl methyl sites for hydroxylation is 2. The third-order valence-corrected chi connectivity index (χ3v) is 3.68. The molecule has 0 fully saturated rings. The highest BCUT2D eigenvalue weighted by Crippen LogP contribution is 2.21. The first-order valence-electron chi connectivity index (χ1n) is 7.13. The Hall–Kier alpha value is -2.11. The lowest BCUT2D eigenvalue weighted by Gasteiger charge is -2.15. The minimum Gasteiger partial charge on any atom is -0.384 e. The molecule has 21 heavy (non-hydrogen) atoms. The number of anilines is 1. The summed E-state index contributed by atoms with van der Waals surface area (Å²) in [6.45, 7) is 7.00. The molecule has 0 aliphatic heterocycles. The molecule has 0 aromatic carbocycles. The van der Waals surface area contributed by atoms with E-state index in [9.17, 15) is 9.59 Å². The highest BCUT2D eigenvalue weighted by Gasteiger charge is 2.15. The van der Waals surface area contributed by atoms with Crippen LogP contribution in [0, 0.1) is 12.8 Å². The Morgan fingerprint density at radius 3 is 2.52 bits per heavy atom. The van der Waals surface area contributed by atoms with E-state index < -0.39 is 0 Å². The van der Waals surface area contributed by atoms with Gasteiger partial charge in [0.25, 0.3) is 5.56 Å².